The molecule has 1 aromatic rings. The van der Waals surface area contributed by atoms with E-state index in [4.69, 9.17) is 23.2 Å². The fraction of sp³-hybridized carbons (Fsp3) is 0.706. The monoisotopic (exact) mass is 313 g/mol. The van der Waals surface area contributed by atoms with Gasteiger partial charge in [0.2, 0.25) is 0 Å². The summed E-state index contributed by atoms with van der Waals surface area (Å²) in [7, 11) is 0. The summed E-state index contributed by atoms with van der Waals surface area (Å²) in [4.78, 5) is 4.07. The van der Waals surface area contributed by atoms with Crippen LogP contribution in [0, 0.1) is 16.7 Å². The zero-order chi connectivity index (χ0) is 14.8. The molecule has 1 saturated carbocycles. The lowest BCUT2D eigenvalue weighted by Gasteiger charge is -2.43. The zero-order valence-electron chi connectivity index (χ0n) is 12.8. The molecule has 0 N–H and O–H groups in total. The van der Waals surface area contributed by atoms with E-state index in [-0.39, 0.29) is 5.41 Å². The van der Waals surface area contributed by atoms with Gasteiger partial charge in [-0.2, -0.15) is 0 Å². The molecule has 0 atom stereocenters. The molecule has 3 heteroatoms. The molecule has 1 aliphatic carbocycles. The van der Waals surface area contributed by atoms with Crippen LogP contribution in [-0.4, -0.2) is 10.9 Å². The Morgan fingerprint density at radius 3 is 2.45 bits per heavy atom. The Hall–Kier alpha value is -0.270. The molecule has 0 aromatic carbocycles. The molecule has 1 aliphatic rings. The number of alkyl halides is 1. The Balaban J connectivity index is 2.08. The van der Waals surface area contributed by atoms with Crippen molar-refractivity contribution in [1.29, 1.82) is 0 Å². The van der Waals surface area contributed by atoms with Gasteiger partial charge < -0.3 is 0 Å². The molecule has 0 saturated heterocycles. The molecular formula is C17H25Cl2N. The summed E-state index contributed by atoms with van der Waals surface area (Å²) in [6.07, 6.45) is 9.50. The van der Waals surface area contributed by atoms with Crippen molar-refractivity contribution in [3.05, 3.63) is 29.0 Å². The molecule has 20 heavy (non-hydrogen) atoms. The Kier molecular flexibility index (Phi) is 5.02. The molecule has 0 amide bonds. The minimum absolute atomic E-state index is 0.217. The SMILES string of the molecule is CC(C)(C)C1CCC(CCl)(Cc2ccncc2Cl)CC1. The Morgan fingerprint density at radius 1 is 1.30 bits per heavy atom. The quantitative estimate of drug-likeness (QED) is 0.648. The summed E-state index contributed by atoms with van der Waals surface area (Å²) in [5.41, 5.74) is 1.82. The average molecular weight is 314 g/mol. The van der Waals surface area contributed by atoms with Crippen LogP contribution in [0.3, 0.4) is 0 Å². The third kappa shape index (κ3) is 3.68. The van der Waals surface area contributed by atoms with Gasteiger partial charge in [0.25, 0.3) is 0 Å². The summed E-state index contributed by atoms with van der Waals surface area (Å²) >= 11 is 12.6. The maximum absolute atomic E-state index is 6.34. The van der Waals surface area contributed by atoms with Crippen molar-refractivity contribution in [1.82, 2.24) is 4.98 Å². The molecule has 1 aromatic heterocycles. The van der Waals surface area contributed by atoms with Gasteiger partial charge in [-0.1, -0.05) is 32.4 Å². The Labute approximate surface area is 133 Å². The normalized spacial score (nSPS) is 27.6. The van der Waals surface area contributed by atoms with E-state index in [1.807, 2.05) is 12.3 Å². The van der Waals surface area contributed by atoms with Crippen molar-refractivity contribution in [2.45, 2.75) is 52.9 Å². The highest BCUT2D eigenvalue weighted by Crippen LogP contribution is 2.47. The van der Waals surface area contributed by atoms with Gasteiger partial charge >= 0.3 is 0 Å². The van der Waals surface area contributed by atoms with Crippen LogP contribution in [0.1, 0.15) is 52.0 Å². The van der Waals surface area contributed by atoms with E-state index in [0.29, 0.717) is 5.41 Å². The lowest BCUT2D eigenvalue weighted by molar-refractivity contribution is 0.102. The van der Waals surface area contributed by atoms with Crippen LogP contribution in [-0.2, 0) is 6.42 Å². The van der Waals surface area contributed by atoms with Crippen molar-refractivity contribution < 1.29 is 0 Å². The summed E-state index contributed by atoms with van der Waals surface area (Å²) in [6, 6.07) is 2.03. The molecule has 1 fully saturated rings. The standard InChI is InChI=1S/C17H25Cl2N/c1-16(2,3)14-4-7-17(12-18,8-5-14)10-13-6-9-20-11-15(13)19/h6,9,11,14H,4-5,7-8,10,12H2,1-3H3. The highest BCUT2D eigenvalue weighted by Gasteiger charge is 2.38. The summed E-state index contributed by atoms with van der Waals surface area (Å²) in [6.45, 7) is 7.06. The van der Waals surface area contributed by atoms with Crippen LogP contribution in [0.4, 0.5) is 0 Å². The molecule has 0 spiro atoms. The van der Waals surface area contributed by atoms with Crippen LogP contribution in [0.25, 0.3) is 0 Å². The molecule has 0 radical (unpaired) electrons. The van der Waals surface area contributed by atoms with E-state index >= 15 is 0 Å². The summed E-state index contributed by atoms with van der Waals surface area (Å²) < 4.78 is 0. The predicted octanol–water partition coefficient (Wildman–Crippen LogP) is 5.74. The zero-order valence-corrected chi connectivity index (χ0v) is 14.3. The van der Waals surface area contributed by atoms with Gasteiger partial charge in [-0.25, -0.2) is 0 Å². The first-order chi connectivity index (χ1) is 9.36. The topological polar surface area (TPSA) is 12.9 Å². The highest BCUT2D eigenvalue weighted by atomic mass is 35.5. The van der Waals surface area contributed by atoms with E-state index in [0.717, 1.165) is 23.2 Å². The molecule has 0 unspecified atom stereocenters. The van der Waals surface area contributed by atoms with Crippen LogP contribution >= 0.6 is 23.2 Å². The number of halogens is 2. The van der Waals surface area contributed by atoms with Crippen LogP contribution in [0.2, 0.25) is 5.02 Å². The van der Waals surface area contributed by atoms with Gasteiger partial charge in [0.15, 0.2) is 0 Å². The molecule has 112 valence electrons. The van der Waals surface area contributed by atoms with Crippen molar-refractivity contribution in [3.8, 4) is 0 Å². The average Bonchev–Trinajstić information content (AvgIpc) is 2.41. The molecule has 2 rings (SSSR count). The fourth-order valence-corrected chi connectivity index (χ4v) is 3.95. The van der Waals surface area contributed by atoms with Crippen molar-refractivity contribution >= 4 is 23.2 Å². The van der Waals surface area contributed by atoms with Gasteiger partial charge in [-0.15, -0.1) is 11.6 Å². The van der Waals surface area contributed by atoms with Gasteiger partial charge in [0.1, 0.15) is 0 Å². The third-order valence-corrected chi connectivity index (χ3v) is 5.88. The number of hydrogen-bond donors (Lipinski definition) is 0. The second-order valence-electron chi connectivity index (χ2n) is 7.42. The predicted molar refractivity (Wildman–Crippen MR) is 87.5 cm³/mol. The van der Waals surface area contributed by atoms with Gasteiger partial charge in [0, 0.05) is 18.3 Å². The fourth-order valence-electron chi connectivity index (χ4n) is 3.41. The summed E-state index contributed by atoms with van der Waals surface area (Å²) in [5.74, 6) is 1.54. The Morgan fingerprint density at radius 2 is 1.95 bits per heavy atom. The first kappa shape index (κ1) is 16.1. The minimum Gasteiger partial charge on any atom is -0.263 e. The van der Waals surface area contributed by atoms with E-state index in [1.165, 1.54) is 31.2 Å². The first-order valence-electron chi connectivity index (χ1n) is 7.51. The van der Waals surface area contributed by atoms with E-state index < -0.39 is 0 Å². The van der Waals surface area contributed by atoms with Gasteiger partial charge in [-0.05, 0) is 60.5 Å². The largest absolute Gasteiger partial charge is 0.263 e. The van der Waals surface area contributed by atoms with Crippen LogP contribution < -0.4 is 0 Å². The lowest BCUT2D eigenvalue weighted by atomic mass is 9.63. The van der Waals surface area contributed by atoms with E-state index in [2.05, 4.69) is 25.8 Å². The van der Waals surface area contributed by atoms with Crippen molar-refractivity contribution in [2.24, 2.45) is 16.7 Å². The van der Waals surface area contributed by atoms with Gasteiger partial charge in [-0.3, -0.25) is 4.98 Å². The van der Waals surface area contributed by atoms with Gasteiger partial charge in [0.05, 0.1) is 5.02 Å². The number of rotatable bonds is 3. The number of pyridine rings is 1. The molecule has 1 nitrogen and oxygen atoms in total. The minimum atomic E-state index is 0.217. The highest BCUT2D eigenvalue weighted by molar-refractivity contribution is 6.31. The second-order valence-corrected chi connectivity index (χ2v) is 8.09. The van der Waals surface area contributed by atoms with Crippen LogP contribution in [0.15, 0.2) is 18.5 Å². The first-order valence-corrected chi connectivity index (χ1v) is 8.42. The maximum Gasteiger partial charge on any atom is 0.0621 e. The lowest BCUT2D eigenvalue weighted by Crippen LogP contribution is -2.35. The third-order valence-electron chi connectivity index (χ3n) is 4.98. The number of hydrogen-bond acceptors (Lipinski definition) is 1. The summed E-state index contributed by atoms with van der Waals surface area (Å²) in [5, 5.41) is 0.773. The van der Waals surface area contributed by atoms with Crippen molar-refractivity contribution in [2.75, 3.05) is 5.88 Å². The van der Waals surface area contributed by atoms with E-state index in [9.17, 15) is 0 Å². The number of nitrogens with zero attached hydrogens (tertiary/aromatic N) is 1. The smallest absolute Gasteiger partial charge is 0.0621 e. The number of aromatic nitrogens is 1. The van der Waals surface area contributed by atoms with Crippen LogP contribution in [0.5, 0.6) is 0 Å². The molecule has 0 bridgehead atoms. The van der Waals surface area contributed by atoms with Crippen molar-refractivity contribution in [3.63, 3.8) is 0 Å². The van der Waals surface area contributed by atoms with E-state index in [1.54, 1.807) is 6.20 Å². The molecule has 0 aliphatic heterocycles. The molecule has 1 heterocycles. The second kappa shape index (κ2) is 6.23. The Bertz CT molecular complexity index is 443. The maximum atomic E-state index is 6.34. The molecular weight excluding hydrogens is 289 g/mol.